The largest absolute Gasteiger partial charge is 0.350 e. The highest BCUT2D eigenvalue weighted by Gasteiger charge is 2.33. The smallest absolute Gasteiger partial charge is 0.264 e. The molecule has 3 rings (SSSR count). The van der Waals surface area contributed by atoms with E-state index >= 15 is 0 Å². The molecule has 0 aliphatic carbocycles. The topological polar surface area (TPSA) is 86.8 Å². The molecule has 0 saturated carbocycles. The van der Waals surface area contributed by atoms with Crippen molar-refractivity contribution in [1.82, 2.24) is 10.2 Å². The Morgan fingerprint density at radius 3 is 2.08 bits per heavy atom. The van der Waals surface area contributed by atoms with Gasteiger partial charge in [-0.2, -0.15) is 0 Å². The molecule has 7 nitrogen and oxygen atoms in total. The Morgan fingerprint density at radius 1 is 0.900 bits per heavy atom. The number of halogens is 1. The van der Waals surface area contributed by atoms with Gasteiger partial charge < -0.3 is 10.2 Å². The highest BCUT2D eigenvalue weighted by atomic mass is 79.9. The zero-order valence-corrected chi connectivity index (χ0v) is 26.3. The maximum atomic E-state index is 14.0. The molecule has 0 aliphatic heterocycles. The van der Waals surface area contributed by atoms with E-state index in [9.17, 15) is 18.0 Å². The van der Waals surface area contributed by atoms with E-state index in [0.717, 1.165) is 19.9 Å². The molecule has 0 bridgehead atoms. The molecule has 9 heteroatoms. The lowest BCUT2D eigenvalue weighted by molar-refractivity contribution is -0.140. The zero-order chi connectivity index (χ0) is 29.7. The average Bonchev–Trinajstić information content (AvgIpc) is 2.89. The van der Waals surface area contributed by atoms with Crippen molar-refractivity contribution >= 4 is 43.5 Å². The standard InChI is InChI=1S/C31H38BrN3O4S/c1-22(2)25-15-17-27(18-16-25)35(40(38,39)28-13-8-7-9-14-28)21-29(36)34(20-24-11-10-12-26(32)19-24)23(3)30(37)33-31(4,5)6/h7-19,22-23H,20-21H2,1-6H3,(H,33,37)/t23-/m0/s1. The van der Waals surface area contributed by atoms with Gasteiger partial charge in [0.25, 0.3) is 10.0 Å². The van der Waals surface area contributed by atoms with Gasteiger partial charge in [0.2, 0.25) is 11.8 Å². The summed E-state index contributed by atoms with van der Waals surface area (Å²) in [5.41, 5.74) is 1.72. The van der Waals surface area contributed by atoms with E-state index < -0.39 is 34.1 Å². The zero-order valence-electron chi connectivity index (χ0n) is 23.9. The normalized spacial score (nSPS) is 12.6. The lowest BCUT2D eigenvalue weighted by Gasteiger charge is -2.33. The fourth-order valence-electron chi connectivity index (χ4n) is 4.16. The van der Waals surface area contributed by atoms with E-state index in [1.807, 2.05) is 57.2 Å². The molecule has 1 atom stereocenters. The summed E-state index contributed by atoms with van der Waals surface area (Å²) in [5.74, 6) is -0.559. The lowest BCUT2D eigenvalue weighted by Crippen LogP contribution is -2.54. The van der Waals surface area contributed by atoms with Crippen LogP contribution in [0.1, 0.15) is 58.6 Å². The second kappa shape index (κ2) is 13.0. The number of hydrogen-bond acceptors (Lipinski definition) is 4. The number of anilines is 1. The summed E-state index contributed by atoms with van der Waals surface area (Å²) in [5, 5.41) is 2.94. The van der Waals surface area contributed by atoms with Crippen LogP contribution in [0.3, 0.4) is 0 Å². The Kier molecular flexibility index (Phi) is 10.2. The van der Waals surface area contributed by atoms with Gasteiger partial charge in [-0.25, -0.2) is 8.42 Å². The molecule has 0 fully saturated rings. The Balaban J connectivity index is 2.04. The number of rotatable bonds is 10. The summed E-state index contributed by atoms with van der Waals surface area (Å²) in [4.78, 5) is 28.7. The number of sulfonamides is 1. The van der Waals surface area contributed by atoms with Gasteiger partial charge >= 0.3 is 0 Å². The molecule has 3 aromatic rings. The van der Waals surface area contributed by atoms with Gasteiger partial charge in [0.1, 0.15) is 12.6 Å². The van der Waals surface area contributed by atoms with Gasteiger partial charge in [0.05, 0.1) is 10.6 Å². The van der Waals surface area contributed by atoms with Gasteiger partial charge in [0.15, 0.2) is 0 Å². The van der Waals surface area contributed by atoms with Crippen LogP contribution < -0.4 is 9.62 Å². The maximum Gasteiger partial charge on any atom is 0.264 e. The third-order valence-corrected chi connectivity index (χ3v) is 8.65. The van der Waals surface area contributed by atoms with Gasteiger partial charge in [-0.3, -0.25) is 13.9 Å². The minimum absolute atomic E-state index is 0.0767. The number of nitrogens with zero attached hydrogens (tertiary/aromatic N) is 2. The predicted molar refractivity (Wildman–Crippen MR) is 164 cm³/mol. The minimum Gasteiger partial charge on any atom is -0.350 e. The number of carbonyl (C=O) groups is 2. The Morgan fingerprint density at radius 2 is 1.52 bits per heavy atom. The van der Waals surface area contributed by atoms with E-state index in [2.05, 4.69) is 35.1 Å². The third kappa shape index (κ3) is 8.17. The minimum atomic E-state index is -4.09. The molecule has 0 radical (unpaired) electrons. The van der Waals surface area contributed by atoms with Crippen LogP contribution in [-0.4, -0.2) is 43.3 Å². The summed E-state index contributed by atoms with van der Waals surface area (Å²) in [6.07, 6.45) is 0. The molecular formula is C31H38BrN3O4S. The number of carbonyl (C=O) groups excluding carboxylic acids is 2. The highest BCUT2D eigenvalue weighted by molar-refractivity contribution is 9.10. The summed E-state index contributed by atoms with van der Waals surface area (Å²) >= 11 is 3.46. The van der Waals surface area contributed by atoms with E-state index in [4.69, 9.17) is 0 Å². The molecule has 3 aromatic carbocycles. The summed E-state index contributed by atoms with van der Waals surface area (Å²) in [6, 6.07) is 21.8. The van der Waals surface area contributed by atoms with Crippen molar-refractivity contribution in [2.24, 2.45) is 0 Å². The molecule has 2 amide bonds. The van der Waals surface area contributed by atoms with Crippen LogP contribution in [0.15, 0.2) is 88.2 Å². The second-order valence-electron chi connectivity index (χ2n) is 11.1. The summed E-state index contributed by atoms with van der Waals surface area (Å²) < 4.78 is 29.7. The van der Waals surface area contributed by atoms with Gasteiger partial charge in [0, 0.05) is 16.6 Å². The van der Waals surface area contributed by atoms with Crippen molar-refractivity contribution in [1.29, 1.82) is 0 Å². The molecule has 40 heavy (non-hydrogen) atoms. The number of hydrogen-bond donors (Lipinski definition) is 1. The first-order valence-corrected chi connectivity index (χ1v) is 15.5. The van der Waals surface area contributed by atoms with Crippen LogP contribution in [0.25, 0.3) is 0 Å². The Labute approximate surface area is 246 Å². The first kappa shape index (κ1) is 31.4. The molecule has 0 aromatic heterocycles. The van der Waals surface area contributed by atoms with Crippen LogP contribution >= 0.6 is 15.9 Å². The van der Waals surface area contributed by atoms with Crippen molar-refractivity contribution in [3.8, 4) is 0 Å². The van der Waals surface area contributed by atoms with Gasteiger partial charge in [-0.15, -0.1) is 0 Å². The molecule has 214 valence electrons. The molecule has 0 aliphatic rings. The quantitative estimate of drug-likeness (QED) is 0.294. The lowest BCUT2D eigenvalue weighted by atomic mass is 10.0. The van der Waals surface area contributed by atoms with Crippen LogP contribution in [0.2, 0.25) is 0 Å². The van der Waals surface area contributed by atoms with Gasteiger partial charge in [-0.1, -0.05) is 72.2 Å². The van der Waals surface area contributed by atoms with Crippen LogP contribution in [0.4, 0.5) is 5.69 Å². The summed E-state index contributed by atoms with van der Waals surface area (Å²) in [6.45, 7) is 11.0. The third-order valence-electron chi connectivity index (χ3n) is 6.37. The maximum absolute atomic E-state index is 14.0. The van der Waals surface area contributed by atoms with Crippen molar-refractivity contribution in [2.45, 2.75) is 70.5 Å². The fourth-order valence-corrected chi connectivity index (χ4v) is 6.04. The predicted octanol–water partition coefficient (Wildman–Crippen LogP) is 6.10. The van der Waals surface area contributed by atoms with Crippen LogP contribution in [-0.2, 0) is 26.2 Å². The van der Waals surface area contributed by atoms with Crippen molar-refractivity contribution in [3.05, 3.63) is 94.5 Å². The molecular weight excluding hydrogens is 590 g/mol. The fraction of sp³-hybridized carbons (Fsp3) is 0.355. The second-order valence-corrected chi connectivity index (χ2v) is 13.9. The van der Waals surface area contributed by atoms with Crippen molar-refractivity contribution in [3.63, 3.8) is 0 Å². The molecule has 0 unspecified atom stereocenters. The van der Waals surface area contributed by atoms with Crippen molar-refractivity contribution < 1.29 is 18.0 Å². The van der Waals surface area contributed by atoms with Crippen LogP contribution in [0, 0.1) is 0 Å². The molecule has 0 spiro atoms. The SMILES string of the molecule is CC(C)c1ccc(N(CC(=O)N(Cc2cccc(Br)c2)[C@@H](C)C(=O)NC(C)(C)C)S(=O)(=O)c2ccccc2)cc1. The van der Waals surface area contributed by atoms with Crippen molar-refractivity contribution in [2.75, 3.05) is 10.8 Å². The van der Waals surface area contributed by atoms with E-state index in [-0.39, 0.29) is 23.3 Å². The monoisotopic (exact) mass is 627 g/mol. The molecule has 1 N–H and O–H groups in total. The Bertz CT molecular complexity index is 1420. The number of amides is 2. The van der Waals surface area contributed by atoms with E-state index in [1.165, 1.54) is 17.0 Å². The van der Waals surface area contributed by atoms with Crippen LogP contribution in [0.5, 0.6) is 0 Å². The number of nitrogens with one attached hydrogen (secondary N) is 1. The number of benzene rings is 3. The molecule has 0 saturated heterocycles. The van der Waals surface area contributed by atoms with E-state index in [0.29, 0.717) is 5.69 Å². The van der Waals surface area contributed by atoms with E-state index in [1.54, 1.807) is 37.3 Å². The first-order chi connectivity index (χ1) is 18.7. The first-order valence-electron chi connectivity index (χ1n) is 13.2. The van der Waals surface area contributed by atoms with Gasteiger partial charge in [-0.05, 0) is 81.1 Å². The average molecular weight is 629 g/mol. The highest BCUT2D eigenvalue weighted by Crippen LogP contribution is 2.27. The molecule has 0 heterocycles. The summed E-state index contributed by atoms with van der Waals surface area (Å²) in [7, 11) is -4.09. The Hall–Kier alpha value is -3.17.